The first-order chi connectivity index (χ1) is 16.1. The molecule has 1 N–H and O–H groups in total. The summed E-state index contributed by atoms with van der Waals surface area (Å²) in [6, 6.07) is 16.0. The number of pyridine rings is 1. The van der Waals surface area contributed by atoms with Crippen LogP contribution in [0, 0.1) is 12.7 Å². The highest BCUT2D eigenvalue weighted by atomic mass is 19.1. The number of carbonyl (C=O) groups excluding carboxylic acids is 1. The molecule has 1 amide bonds. The lowest BCUT2D eigenvalue weighted by atomic mass is 9.97. The smallest absolute Gasteiger partial charge is 0.278 e. The molecule has 2 aromatic heterocycles. The zero-order valence-corrected chi connectivity index (χ0v) is 18.2. The molecule has 1 aliphatic rings. The monoisotopic (exact) mass is 442 g/mol. The number of hydrogen-bond donors (Lipinski definition) is 1. The Morgan fingerprint density at radius 1 is 1.12 bits per heavy atom. The topological polar surface area (TPSA) is 75.9 Å². The van der Waals surface area contributed by atoms with Gasteiger partial charge in [0.15, 0.2) is 5.69 Å². The SMILES string of the molecule is Cc1c(C(=O)Nc2cccc(F)c2)nnn1-c1cccc2c1CCN(Cc1ccncc1)C2. The van der Waals surface area contributed by atoms with Gasteiger partial charge in [0.1, 0.15) is 5.82 Å². The number of aromatic nitrogens is 4. The van der Waals surface area contributed by atoms with E-state index in [0.717, 1.165) is 31.7 Å². The number of benzene rings is 2. The average Bonchev–Trinajstić information content (AvgIpc) is 3.20. The van der Waals surface area contributed by atoms with Gasteiger partial charge in [-0.25, -0.2) is 9.07 Å². The molecule has 33 heavy (non-hydrogen) atoms. The number of halogens is 1. The van der Waals surface area contributed by atoms with Gasteiger partial charge in [-0.2, -0.15) is 0 Å². The molecule has 0 saturated carbocycles. The largest absolute Gasteiger partial charge is 0.320 e. The van der Waals surface area contributed by atoms with Crippen molar-refractivity contribution in [3.05, 3.63) is 101 Å². The van der Waals surface area contributed by atoms with Crippen molar-refractivity contribution < 1.29 is 9.18 Å². The second-order valence-corrected chi connectivity index (χ2v) is 8.13. The molecular formula is C25H23FN6O. The maximum Gasteiger partial charge on any atom is 0.278 e. The van der Waals surface area contributed by atoms with Crippen LogP contribution in [0.25, 0.3) is 5.69 Å². The van der Waals surface area contributed by atoms with Crippen LogP contribution in [0.2, 0.25) is 0 Å². The van der Waals surface area contributed by atoms with Gasteiger partial charge in [-0.1, -0.05) is 23.4 Å². The summed E-state index contributed by atoms with van der Waals surface area (Å²) < 4.78 is 15.2. The predicted octanol–water partition coefficient (Wildman–Crippen LogP) is 3.92. The van der Waals surface area contributed by atoms with Crippen molar-refractivity contribution in [2.75, 3.05) is 11.9 Å². The van der Waals surface area contributed by atoms with Gasteiger partial charge < -0.3 is 5.32 Å². The second kappa shape index (κ2) is 8.91. The molecule has 166 valence electrons. The van der Waals surface area contributed by atoms with E-state index in [1.165, 1.54) is 28.8 Å². The first-order valence-electron chi connectivity index (χ1n) is 10.8. The van der Waals surface area contributed by atoms with Crippen molar-refractivity contribution in [2.24, 2.45) is 0 Å². The van der Waals surface area contributed by atoms with E-state index in [1.54, 1.807) is 16.8 Å². The van der Waals surface area contributed by atoms with Crippen molar-refractivity contribution in [3.8, 4) is 5.69 Å². The molecular weight excluding hydrogens is 419 g/mol. The Labute approximate surface area is 190 Å². The normalized spacial score (nSPS) is 13.5. The first kappa shape index (κ1) is 21.0. The Morgan fingerprint density at radius 3 is 2.76 bits per heavy atom. The van der Waals surface area contributed by atoms with Crippen LogP contribution in [-0.4, -0.2) is 37.3 Å². The van der Waals surface area contributed by atoms with E-state index in [-0.39, 0.29) is 5.69 Å². The Balaban J connectivity index is 1.37. The van der Waals surface area contributed by atoms with Crippen LogP contribution in [0.4, 0.5) is 10.1 Å². The van der Waals surface area contributed by atoms with E-state index in [2.05, 4.69) is 31.6 Å². The molecule has 0 saturated heterocycles. The highest BCUT2D eigenvalue weighted by molar-refractivity contribution is 6.03. The highest BCUT2D eigenvalue weighted by Crippen LogP contribution is 2.27. The molecule has 0 bridgehead atoms. The lowest BCUT2D eigenvalue weighted by Crippen LogP contribution is -2.30. The molecule has 1 aliphatic heterocycles. The number of nitrogens with zero attached hydrogens (tertiary/aromatic N) is 5. The van der Waals surface area contributed by atoms with Gasteiger partial charge in [0, 0.05) is 37.7 Å². The van der Waals surface area contributed by atoms with E-state index < -0.39 is 11.7 Å². The fourth-order valence-electron chi connectivity index (χ4n) is 4.25. The van der Waals surface area contributed by atoms with Crippen molar-refractivity contribution in [2.45, 2.75) is 26.4 Å². The molecule has 0 aliphatic carbocycles. The van der Waals surface area contributed by atoms with Gasteiger partial charge in [-0.15, -0.1) is 5.10 Å². The van der Waals surface area contributed by atoms with Gasteiger partial charge >= 0.3 is 0 Å². The zero-order chi connectivity index (χ0) is 22.8. The number of anilines is 1. The number of fused-ring (bicyclic) bond motifs is 1. The number of nitrogens with one attached hydrogen (secondary N) is 1. The highest BCUT2D eigenvalue weighted by Gasteiger charge is 2.23. The maximum absolute atomic E-state index is 13.4. The molecule has 8 heteroatoms. The molecule has 5 rings (SSSR count). The molecule has 7 nitrogen and oxygen atoms in total. The lowest BCUT2D eigenvalue weighted by molar-refractivity contribution is 0.102. The summed E-state index contributed by atoms with van der Waals surface area (Å²) in [5.41, 5.74) is 5.86. The Hall–Kier alpha value is -3.91. The Kier molecular flexibility index (Phi) is 5.66. The van der Waals surface area contributed by atoms with Gasteiger partial charge in [-0.3, -0.25) is 14.7 Å². The number of amides is 1. The number of rotatable bonds is 5. The third kappa shape index (κ3) is 4.38. The van der Waals surface area contributed by atoms with E-state index in [1.807, 2.05) is 43.6 Å². The predicted molar refractivity (Wildman–Crippen MR) is 123 cm³/mol. The van der Waals surface area contributed by atoms with E-state index >= 15 is 0 Å². The summed E-state index contributed by atoms with van der Waals surface area (Å²) in [4.78, 5) is 19.2. The summed E-state index contributed by atoms with van der Waals surface area (Å²) in [5, 5.41) is 11.1. The molecule has 0 spiro atoms. The minimum absolute atomic E-state index is 0.215. The van der Waals surface area contributed by atoms with Crippen LogP contribution in [-0.2, 0) is 19.5 Å². The molecule has 2 aromatic carbocycles. The van der Waals surface area contributed by atoms with Crippen LogP contribution in [0.1, 0.15) is 32.9 Å². The summed E-state index contributed by atoms with van der Waals surface area (Å²) in [6.45, 7) is 4.45. The van der Waals surface area contributed by atoms with E-state index in [0.29, 0.717) is 11.4 Å². The van der Waals surface area contributed by atoms with E-state index in [9.17, 15) is 9.18 Å². The van der Waals surface area contributed by atoms with Crippen LogP contribution in [0.5, 0.6) is 0 Å². The van der Waals surface area contributed by atoms with Crippen molar-refractivity contribution in [1.29, 1.82) is 0 Å². The van der Waals surface area contributed by atoms with Gasteiger partial charge in [0.2, 0.25) is 0 Å². The first-order valence-corrected chi connectivity index (χ1v) is 10.8. The van der Waals surface area contributed by atoms with Crippen molar-refractivity contribution >= 4 is 11.6 Å². The van der Waals surface area contributed by atoms with Gasteiger partial charge in [0.05, 0.1) is 11.4 Å². The minimum Gasteiger partial charge on any atom is -0.320 e. The van der Waals surface area contributed by atoms with Crippen LogP contribution < -0.4 is 5.32 Å². The zero-order valence-electron chi connectivity index (χ0n) is 18.2. The van der Waals surface area contributed by atoms with Crippen LogP contribution in [0.3, 0.4) is 0 Å². The summed E-state index contributed by atoms with van der Waals surface area (Å²) in [7, 11) is 0. The number of carbonyl (C=O) groups is 1. The average molecular weight is 442 g/mol. The fraction of sp³-hybridized carbons (Fsp3) is 0.200. The summed E-state index contributed by atoms with van der Waals surface area (Å²) in [6.07, 6.45) is 4.52. The fourth-order valence-corrected chi connectivity index (χ4v) is 4.25. The van der Waals surface area contributed by atoms with Gasteiger partial charge in [-0.05, 0) is 66.4 Å². The minimum atomic E-state index is -0.419. The molecule has 0 unspecified atom stereocenters. The third-order valence-electron chi connectivity index (χ3n) is 5.90. The van der Waals surface area contributed by atoms with E-state index in [4.69, 9.17) is 0 Å². The maximum atomic E-state index is 13.4. The van der Waals surface area contributed by atoms with Gasteiger partial charge in [0.25, 0.3) is 5.91 Å². The van der Waals surface area contributed by atoms with Crippen molar-refractivity contribution in [1.82, 2.24) is 24.9 Å². The molecule has 0 fully saturated rings. The third-order valence-corrected chi connectivity index (χ3v) is 5.90. The molecule has 3 heterocycles. The molecule has 0 radical (unpaired) electrons. The Bertz CT molecular complexity index is 1300. The molecule has 4 aromatic rings. The summed E-state index contributed by atoms with van der Waals surface area (Å²) in [5.74, 6) is -0.834. The Morgan fingerprint density at radius 2 is 1.94 bits per heavy atom. The standard InChI is InChI=1S/C25H23FN6O/c1-17-24(25(33)28-21-6-3-5-20(26)14-21)29-30-32(17)23-7-2-4-19-16-31(13-10-22(19)23)15-18-8-11-27-12-9-18/h2-9,11-12,14H,10,13,15-16H2,1H3,(H,28,33). The number of hydrogen-bond acceptors (Lipinski definition) is 5. The quantitative estimate of drug-likeness (QED) is 0.507. The second-order valence-electron chi connectivity index (χ2n) is 8.13. The summed E-state index contributed by atoms with van der Waals surface area (Å²) >= 11 is 0. The molecule has 0 atom stereocenters. The van der Waals surface area contributed by atoms with Crippen molar-refractivity contribution in [3.63, 3.8) is 0 Å². The lowest BCUT2D eigenvalue weighted by Gasteiger charge is -2.30. The van der Waals surface area contributed by atoms with Crippen LogP contribution >= 0.6 is 0 Å². The van der Waals surface area contributed by atoms with Crippen LogP contribution in [0.15, 0.2) is 67.0 Å².